The van der Waals surface area contributed by atoms with Gasteiger partial charge in [0.25, 0.3) is 0 Å². The maximum absolute atomic E-state index is 5.21. The average molecular weight is 156 g/mol. The Hall–Kier alpha value is -0.0400. The van der Waals surface area contributed by atoms with Crippen LogP contribution in [-0.2, 0) is 4.74 Å². The Morgan fingerprint density at radius 2 is 1.91 bits per heavy atom. The van der Waals surface area contributed by atoms with Crippen molar-refractivity contribution in [1.29, 1.82) is 0 Å². The lowest BCUT2D eigenvalue weighted by molar-refractivity contribution is -0.110. The maximum Gasteiger partial charge on any atom is 0.0544 e. The van der Waals surface area contributed by atoms with Crippen molar-refractivity contribution in [3.8, 4) is 0 Å². The van der Waals surface area contributed by atoms with Crippen molar-refractivity contribution in [2.45, 2.75) is 40.0 Å². The number of rotatable bonds is 0. The summed E-state index contributed by atoms with van der Waals surface area (Å²) in [6, 6.07) is 0. The van der Waals surface area contributed by atoms with E-state index in [1.807, 2.05) is 13.8 Å². The van der Waals surface area contributed by atoms with Gasteiger partial charge in [0.05, 0.1) is 13.2 Å². The molecule has 1 aliphatic heterocycles. The summed E-state index contributed by atoms with van der Waals surface area (Å²) in [7, 11) is 0. The van der Waals surface area contributed by atoms with Gasteiger partial charge in [-0.2, -0.15) is 0 Å². The summed E-state index contributed by atoms with van der Waals surface area (Å²) in [5, 5.41) is 0. The summed E-state index contributed by atoms with van der Waals surface area (Å²) in [6.07, 6.45) is 4.28. The van der Waals surface area contributed by atoms with Gasteiger partial charge in [-0.3, -0.25) is 0 Å². The minimum Gasteiger partial charge on any atom is -0.380 e. The zero-order valence-electron chi connectivity index (χ0n) is 8.02. The Bertz CT molecular complexity index is 116. The monoisotopic (exact) mass is 156 g/mol. The Labute approximate surface area is 70.1 Å². The molecule has 0 aromatic heterocycles. The Morgan fingerprint density at radius 3 is 2.09 bits per heavy atom. The van der Waals surface area contributed by atoms with Crippen LogP contribution in [0.15, 0.2) is 0 Å². The molecule has 2 fully saturated rings. The van der Waals surface area contributed by atoms with Crippen molar-refractivity contribution in [2.75, 3.05) is 13.2 Å². The smallest absolute Gasteiger partial charge is 0.0544 e. The molecule has 2 rings (SSSR count). The topological polar surface area (TPSA) is 9.23 Å². The van der Waals surface area contributed by atoms with Crippen LogP contribution in [0.25, 0.3) is 0 Å². The number of ether oxygens (including phenoxy) is 1. The van der Waals surface area contributed by atoms with Crippen LogP contribution in [0.1, 0.15) is 40.0 Å². The van der Waals surface area contributed by atoms with Gasteiger partial charge < -0.3 is 4.74 Å². The molecule has 0 radical (unpaired) electrons. The average Bonchev–Trinajstić information content (AvgIpc) is 2.35. The molecule has 1 atom stereocenters. The third-order valence-electron chi connectivity index (χ3n) is 2.77. The summed E-state index contributed by atoms with van der Waals surface area (Å²) < 4.78 is 5.21. The fourth-order valence-electron chi connectivity index (χ4n) is 2.15. The molecule has 0 N–H and O–H groups in total. The molecule has 1 saturated carbocycles. The molecule has 1 saturated heterocycles. The van der Waals surface area contributed by atoms with E-state index in [2.05, 4.69) is 6.92 Å². The minimum absolute atomic E-state index is 0.666. The highest BCUT2D eigenvalue weighted by Gasteiger charge is 2.43. The molecule has 0 aromatic rings. The van der Waals surface area contributed by atoms with Crippen LogP contribution in [0.3, 0.4) is 0 Å². The van der Waals surface area contributed by atoms with Crippen molar-refractivity contribution in [1.82, 2.24) is 0 Å². The van der Waals surface area contributed by atoms with Crippen LogP contribution >= 0.6 is 0 Å². The van der Waals surface area contributed by atoms with Crippen molar-refractivity contribution in [3.63, 3.8) is 0 Å². The molecule has 0 unspecified atom stereocenters. The summed E-state index contributed by atoms with van der Waals surface area (Å²) in [6.45, 7) is 8.46. The van der Waals surface area contributed by atoms with Gasteiger partial charge in [0, 0.05) is 5.41 Å². The summed E-state index contributed by atoms with van der Waals surface area (Å²) >= 11 is 0. The van der Waals surface area contributed by atoms with Crippen LogP contribution in [0.5, 0.6) is 0 Å². The van der Waals surface area contributed by atoms with E-state index in [0.717, 1.165) is 19.1 Å². The van der Waals surface area contributed by atoms with Gasteiger partial charge in [-0.25, -0.2) is 0 Å². The van der Waals surface area contributed by atoms with Gasteiger partial charge in [-0.15, -0.1) is 0 Å². The Balaban J connectivity index is 0.000000281. The summed E-state index contributed by atoms with van der Waals surface area (Å²) in [5.41, 5.74) is 0.666. The maximum atomic E-state index is 5.21. The second kappa shape index (κ2) is 3.57. The third kappa shape index (κ3) is 1.76. The highest BCUT2D eigenvalue weighted by atomic mass is 16.5. The van der Waals surface area contributed by atoms with Gasteiger partial charge >= 0.3 is 0 Å². The van der Waals surface area contributed by atoms with E-state index in [4.69, 9.17) is 4.74 Å². The zero-order valence-corrected chi connectivity index (χ0v) is 8.02. The minimum atomic E-state index is 0.666. The molecule has 0 amide bonds. The van der Waals surface area contributed by atoms with E-state index in [-0.39, 0.29) is 0 Å². The second-order valence-corrected chi connectivity index (χ2v) is 3.84. The second-order valence-electron chi connectivity index (χ2n) is 3.84. The summed E-state index contributed by atoms with van der Waals surface area (Å²) in [5.74, 6) is 0.967. The Kier molecular flexibility index (Phi) is 2.94. The normalized spacial score (nSPS) is 32.5. The Morgan fingerprint density at radius 1 is 1.27 bits per heavy atom. The number of hydrogen-bond donors (Lipinski definition) is 0. The van der Waals surface area contributed by atoms with Gasteiger partial charge in [-0.1, -0.05) is 20.8 Å². The molecule has 66 valence electrons. The third-order valence-corrected chi connectivity index (χ3v) is 2.77. The van der Waals surface area contributed by atoms with Gasteiger partial charge in [0.15, 0.2) is 0 Å². The molecular weight excluding hydrogens is 136 g/mol. The fraction of sp³-hybridized carbons (Fsp3) is 1.00. The lowest BCUT2D eigenvalue weighted by Crippen LogP contribution is -2.40. The largest absolute Gasteiger partial charge is 0.380 e. The van der Waals surface area contributed by atoms with E-state index in [1.54, 1.807) is 0 Å². The molecule has 1 spiro atoms. The van der Waals surface area contributed by atoms with Crippen molar-refractivity contribution in [3.05, 3.63) is 0 Å². The standard InChI is InChI=1S/C8H14O.C2H6/c1-7-2-3-8(4-7)5-9-6-8;1-2/h7H,2-6H2,1H3;1-2H3/t7-;/m1./s1. The van der Waals surface area contributed by atoms with E-state index < -0.39 is 0 Å². The molecular formula is C10H20O. The van der Waals surface area contributed by atoms with Gasteiger partial charge in [0.1, 0.15) is 0 Å². The molecule has 2 aliphatic rings. The predicted molar refractivity (Wildman–Crippen MR) is 47.6 cm³/mol. The lowest BCUT2D eigenvalue weighted by Gasteiger charge is -2.38. The number of hydrogen-bond acceptors (Lipinski definition) is 1. The van der Waals surface area contributed by atoms with Crippen molar-refractivity contribution in [2.24, 2.45) is 11.3 Å². The molecule has 1 nitrogen and oxygen atoms in total. The molecule has 0 aromatic carbocycles. The quantitative estimate of drug-likeness (QED) is 0.524. The van der Waals surface area contributed by atoms with Crippen LogP contribution in [0.2, 0.25) is 0 Å². The molecule has 1 heterocycles. The SMILES string of the molecule is CC.C[C@@H]1CCC2(COC2)C1. The van der Waals surface area contributed by atoms with Crippen LogP contribution in [0.4, 0.5) is 0 Å². The van der Waals surface area contributed by atoms with Gasteiger partial charge in [-0.05, 0) is 25.2 Å². The van der Waals surface area contributed by atoms with E-state index >= 15 is 0 Å². The first-order valence-electron chi connectivity index (χ1n) is 4.89. The first-order valence-corrected chi connectivity index (χ1v) is 4.89. The van der Waals surface area contributed by atoms with Crippen LogP contribution in [0, 0.1) is 11.3 Å². The lowest BCUT2D eigenvalue weighted by atomic mass is 9.84. The molecule has 11 heavy (non-hydrogen) atoms. The van der Waals surface area contributed by atoms with Gasteiger partial charge in [0.2, 0.25) is 0 Å². The predicted octanol–water partition coefficient (Wildman–Crippen LogP) is 2.85. The fourth-order valence-corrected chi connectivity index (χ4v) is 2.15. The van der Waals surface area contributed by atoms with Crippen LogP contribution in [-0.4, -0.2) is 13.2 Å². The molecule has 1 heteroatoms. The van der Waals surface area contributed by atoms with Crippen molar-refractivity contribution >= 4 is 0 Å². The highest BCUT2D eigenvalue weighted by Crippen LogP contribution is 2.46. The van der Waals surface area contributed by atoms with E-state index in [1.165, 1.54) is 19.3 Å². The van der Waals surface area contributed by atoms with E-state index in [0.29, 0.717) is 5.41 Å². The first-order chi connectivity index (χ1) is 5.31. The molecule has 1 aliphatic carbocycles. The highest BCUT2D eigenvalue weighted by molar-refractivity contribution is 4.92. The van der Waals surface area contributed by atoms with Crippen LogP contribution < -0.4 is 0 Å². The molecule has 0 bridgehead atoms. The van der Waals surface area contributed by atoms with E-state index in [9.17, 15) is 0 Å². The van der Waals surface area contributed by atoms with Crippen molar-refractivity contribution < 1.29 is 4.74 Å². The first kappa shape index (κ1) is 9.05. The zero-order chi connectivity index (χ0) is 8.32. The summed E-state index contributed by atoms with van der Waals surface area (Å²) in [4.78, 5) is 0.